The zero-order valence-electron chi connectivity index (χ0n) is 13.5. The van der Waals surface area contributed by atoms with E-state index in [0.29, 0.717) is 19.0 Å². The number of hydrogen-bond donors (Lipinski definition) is 1. The minimum absolute atomic E-state index is 0.0512. The number of nitrogens with one attached hydrogen (secondary N) is 1. The molecule has 0 spiro atoms. The van der Waals surface area contributed by atoms with E-state index in [1.807, 2.05) is 31.2 Å². The number of amides is 1. The Morgan fingerprint density at radius 2 is 2.04 bits per heavy atom. The molecule has 0 bridgehead atoms. The van der Waals surface area contributed by atoms with E-state index in [4.69, 9.17) is 4.74 Å². The van der Waals surface area contributed by atoms with Crippen molar-refractivity contribution in [2.75, 3.05) is 6.61 Å². The first-order chi connectivity index (χ1) is 11.3. The molecule has 2 aromatic rings. The largest absolute Gasteiger partial charge is 0.478 e. The molecule has 1 N–H and O–H groups in total. The number of benzene rings is 1. The lowest BCUT2D eigenvalue weighted by Crippen LogP contribution is -2.23. The molecule has 1 aromatic heterocycles. The van der Waals surface area contributed by atoms with Crippen LogP contribution in [0.15, 0.2) is 36.5 Å². The zero-order chi connectivity index (χ0) is 16.1. The molecule has 4 heteroatoms. The summed E-state index contributed by atoms with van der Waals surface area (Å²) in [5.74, 6) is 0.533. The van der Waals surface area contributed by atoms with Crippen molar-refractivity contribution in [3.8, 4) is 5.88 Å². The van der Waals surface area contributed by atoms with Crippen LogP contribution in [0.3, 0.4) is 0 Å². The molecule has 0 radical (unpaired) electrons. The Bertz CT molecular complexity index is 698. The highest BCUT2D eigenvalue weighted by atomic mass is 16.5. The Morgan fingerprint density at radius 3 is 2.87 bits per heavy atom. The predicted molar refractivity (Wildman–Crippen MR) is 89.7 cm³/mol. The summed E-state index contributed by atoms with van der Waals surface area (Å²) < 4.78 is 5.49. The molecule has 3 rings (SSSR count). The number of fused-ring (bicyclic) bond motifs is 1. The molecule has 1 aromatic carbocycles. The molecule has 0 unspecified atom stereocenters. The molecule has 120 valence electrons. The normalized spacial score (nSPS) is 13.3. The van der Waals surface area contributed by atoms with Crippen LogP contribution in [-0.4, -0.2) is 17.5 Å². The van der Waals surface area contributed by atoms with Gasteiger partial charge in [-0.15, -0.1) is 0 Å². The highest BCUT2D eigenvalue weighted by Gasteiger charge is 2.13. The molecule has 0 aliphatic heterocycles. The van der Waals surface area contributed by atoms with Gasteiger partial charge in [0.05, 0.1) is 6.61 Å². The van der Waals surface area contributed by atoms with Gasteiger partial charge in [-0.1, -0.05) is 12.1 Å². The van der Waals surface area contributed by atoms with Gasteiger partial charge in [0.2, 0.25) is 5.88 Å². The Kier molecular flexibility index (Phi) is 4.91. The van der Waals surface area contributed by atoms with Crippen LogP contribution in [-0.2, 0) is 19.4 Å². The summed E-state index contributed by atoms with van der Waals surface area (Å²) >= 11 is 0. The van der Waals surface area contributed by atoms with Gasteiger partial charge in [-0.3, -0.25) is 4.79 Å². The smallest absolute Gasteiger partial charge is 0.251 e. The van der Waals surface area contributed by atoms with E-state index < -0.39 is 0 Å². The van der Waals surface area contributed by atoms with Crippen molar-refractivity contribution < 1.29 is 9.53 Å². The molecule has 0 saturated carbocycles. The van der Waals surface area contributed by atoms with Crippen molar-refractivity contribution in [3.05, 3.63) is 58.8 Å². The number of ether oxygens (including phenoxy) is 1. The lowest BCUT2D eigenvalue weighted by atomic mass is 9.90. The van der Waals surface area contributed by atoms with E-state index in [1.54, 1.807) is 6.20 Å². The molecule has 4 nitrogen and oxygen atoms in total. The van der Waals surface area contributed by atoms with E-state index in [9.17, 15) is 4.79 Å². The maximum absolute atomic E-state index is 12.4. The Labute approximate surface area is 136 Å². The molecular formula is C19H22N2O2. The summed E-state index contributed by atoms with van der Waals surface area (Å²) in [6.45, 7) is 2.89. The van der Waals surface area contributed by atoms with Crippen LogP contribution in [0.2, 0.25) is 0 Å². The Morgan fingerprint density at radius 1 is 1.22 bits per heavy atom. The van der Waals surface area contributed by atoms with Gasteiger partial charge < -0.3 is 10.1 Å². The minimum atomic E-state index is -0.0512. The number of carbonyl (C=O) groups excluding carboxylic acids is 1. The van der Waals surface area contributed by atoms with Crippen LogP contribution < -0.4 is 10.1 Å². The highest BCUT2D eigenvalue weighted by molar-refractivity contribution is 5.94. The van der Waals surface area contributed by atoms with Crippen LogP contribution >= 0.6 is 0 Å². The number of aromatic nitrogens is 1. The zero-order valence-corrected chi connectivity index (χ0v) is 13.5. The first kappa shape index (κ1) is 15.5. The second-order valence-electron chi connectivity index (χ2n) is 5.77. The maximum Gasteiger partial charge on any atom is 0.251 e. The number of nitrogens with zero attached hydrogens (tertiary/aromatic N) is 1. The summed E-state index contributed by atoms with van der Waals surface area (Å²) in [7, 11) is 0. The summed E-state index contributed by atoms with van der Waals surface area (Å²) in [6, 6.07) is 9.83. The third-order valence-electron chi connectivity index (χ3n) is 4.18. The number of carbonyl (C=O) groups is 1. The first-order valence-electron chi connectivity index (χ1n) is 8.24. The monoisotopic (exact) mass is 310 g/mol. The van der Waals surface area contributed by atoms with Crippen LogP contribution in [0.5, 0.6) is 5.88 Å². The molecule has 1 amide bonds. The quantitative estimate of drug-likeness (QED) is 0.922. The first-order valence-corrected chi connectivity index (χ1v) is 8.24. The van der Waals surface area contributed by atoms with E-state index in [0.717, 1.165) is 24.0 Å². The van der Waals surface area contributed by atoms with Crippen LogP contribution in [0.4, 0.5) is 0 Å². The van der Waals surface area contributed by atoms with Gasteiger partial charge in [0.1, 0.15) is 0 Å². The molecule has 1 heterocycles. The van der Waals surface area contributed by atoms with Crippen LogP contribution in [0, 0.1) is 0 Å². The fourth-order valence-corrected chi connectivity index (χ4v) is 2.98. The summed E-state index contributed by atoms with van der Waals surface area (Å²) in [4.78, 5) is 16.6. The average Bonchev–Trinajstić information content (AvgIpc) is 2.60. The van der Waals surface area contributed by atoms with E-state index in [1.165, 1.54) is 24.0 Å². The third kappa shape index (κ3) is 3.70. The number of pyridine rings is 1. The summed E-state index contributed by atoms with van der Waals surface area (Å²) in [5, 5.41) is 2.96. The second kappa shape index (κ2) is 7.27. The third-order valence-corrected chi connectivity index (χ3v) is 4.18. The molecule has 1 aliphatic carbocycles. The average molecular weight is 310 g/mol. The van der Waals surface area contributed by atoms with Gasteiger partial charge in [-0.2, -0.15) is 0 Å². The van der Waals surface area contributed by atoms with E-state index in [2.05, 4.69) is 16.4 Å². The second-order valence-corrected chi connectivity index (χ2v) is 5.77. The molecule has 1 aliphatic rings. The lowest BCUT2D eigenvalue weighted by molar-refractivity contribution is 0.0950. The fourth-order valence-electron chi connectivity index (χ4n) is 2.98. The molecule has 0 atom stereocenters. The van der Waals surface area contributed by atoms with Crippen molar-refractivity contribution >= 4 is 5.91 Å². The fraction of sp³-hybridized carbons (Fsp3) is 0.368. The number of rotatable bonds is 5. The van der Waals surface area contributed by atoms with Gasteiger partial charge in [-0.25, -0.2) is 4.98 Å². The van der Waals surface area contributed by atoms with Crippen LogP contribution in [0.1, 0.15) is 46.8 Å². The van der Waals surface area contributed by atoms with Crippen LogP contribution in [0.25, 0.3) is 0 Å². The molecule has 23 heavy (non-hydrogen) atoms. The van der Waals surface area contributed by atoms with Crippen molar-refractivity contribution in [1.29, 1.82) is 0 Å². The summed E-state index contributed by atoms with van der Waals surface area (Å²) in [6.07, 6.45) is 6.36. The number of hydrogen-bond acceptors (Lipinski definition) is 3. The van der Waals surface area contributed by atoms with Gasteiger partial charge in [0.25, 0.3) is 5.91 Å². The molecule has 0 fully saturated rings. The Hall–Kier alpha value is -2.36. The van der Waals surface area contributed by atoms with E-state index in [-0.39, 0.29) is 5.91 Å². The number of aryl methyl sites for hydroxylation is 2. The van der Waals surface area contributed by atoms with Crippen molar-refractivity contribution in [3.63, 3.8) is 0 Å². The standard InChI is InChI=1S/C19H22N2O2/c1-2-23-19-17(8-5-11-20-19)13-21-18(22)16-10-9-14-6-3-4-7-15(14)12-16/h5,8-12H,2-4,6-7,13H2,1H3,(H,21,22). The highest BCUT2D eigenvalue weighted by Crippen LogP contribution is 2.22. The maximum atomic E-state index is 12.4. The predicted octanol–water partition coefficient (Wildman–Crippen LogP) is 3.29. The van der Waals surface area contributed by atoms with Gasteiger partial charge >= 0.3 is 0 Å². The van der Waals surface area contributed by atoms with Crippen molar-refractivity contribution in [2.45, 2.75) is 39.2 Å². The summed E-state index contributed by atoms with van der Waals surface area (Å²) in [5.41, 5.74) is 4.33. The van der Waals surface area contributed by atoms with Crippen molar-refractivity contribution in [2.24, 2.45) is 0 Å². The molecule has 0 saturated heterocycles. The molecular weight excluding hydrogens is 288 g/mol. The van der Waals surface area contributed by atoms with Gasteiger partial charge in [0.15, 0.2) is 0 Å². The van der Waals surface area contributed by atoms with Crippen molar-refractivity contribution in [1.82, 2.24) is 10.3 Å². The SMILES string of the molecule is CCOc1ncccc1CNC(=O)c1ccc2c(c1)CCCC2. The minimum Gasteiger partial charge on any atom is -0.478 e. The Balaban J connectivity index is 1.68. The van der Waals surface area contributed by atoms with Gasteiger partial charge in [0, 0.05) is 23.9 Å². The lowest BCUT2D eigenvalue weighted by Gasteiger charge is -2.16. The topological polar surface area (TPSA) is 51.2 Å². The van der Waals surface area contributed by atoms with Gasteiger partial charge in [-0.05, 0) is 61.9 Å². The van der Waals surface area contributed by atoms with E-state index >= 15 is 0 Å².